The molecule has 0 aliphatic heterocycles. The maximum Gasteiger partial charge on any atom is 0.251 e. The molecule has 138 valence electrons. The minimum Gasteiger partial charge on any atom is -0.338 e. The third-order valence-electron chi connectivity index (χ3n) is 4.60. The third kappa shape index (κ3) is 3.45. The molecule has 3 aromatic rings. The van der Waals surface area contributed by atoms with Crippen LogP contribution in [0, 0.1) is 19.8 Å². The molecule has 2 heterocycles. The van der Waals surface area contributed by atoms with Crippen molar-refractivity contribution in [2.75, 3.05) is 5.32 Å². The molecule has 0 amide bonds. The second kappa shape index (κ2) is 6.78. The summed E-state index contributed by atoms with van der Waals surface area (Å²) in [4.78, 5) is 21.8. The minimum atomic E-state index is 0.0934. The predicted molar refractivity (Wildman–Crippen MR) is 105 cm³/mol. The molecule has 7 heteroatoms. The number of hydrogen-bond donors (Lipinski definition) is 1. The van der Waals surface area contributed by atoms with Crippen molar-refractivity contribution in [3.05, 3.63) is 58.0 Å². The Labute approximate surface area is 162 Å². The number of nitrogens with one attached hydrogen (secondary N) is 1. The van der Waals surface area contributed by atoms with Gasteiger partial charge in [-0.05, 0) is 56.5 Å². The number of hydrogen-bond acceptors (Lipinski definition) is 5. The second-order valence-corrected chi connectivity index (χ2v) is 7.54. The Balaban J connectivity index is 1.85. The van der Waals surface area contributed by atoms with Crippen molar-refractivity contribution in [2.24, 2.45) is 5.92 Å². The summed E-state index contributed by atoms with van der Waals surface area (Å²) in [7, 11) is 0. The summed E-state index contributed by atoms with van der Waals surface area (Å²) < 4.78 is 1.71. The number of aryl methyl sites for hydroxylation is 2. The molecule has 1 aliphatic rings. The van der Waals surface area contributed by atoms with Crippen LogP contribution in [0.2, 0.25) is 5.02 Å². The number of anilines is 2. The zero-order chi connectivity index (χ0) is 19.1. The number of benzene rings is 1. The number of ketones is 1. The van der Waals surface area contributed by atoms with Crippen LogP contribution in [-0.4, -0.2) is 25.5 Å². The van der Waals surface area contributed by atoms with E-state index in [1.807, 2.05) is 32.0 Å². The lowest BCUT2D eigenvalue weighted by molar-refractivity contribution is 0.0953. The molecule has 0 saturated carbocycles. The third-order valence-corrected chi connectivity index (χ3v) is 4.85. The monoisotopic (exact) mass is 381 g/mol. The van der Waals surface area contributed by atoms with E-state index in [-0.39, 0.29) is 11.7 Å². The van der Waals surface area contributed by atoms with Gasteiger partial charge in [0.05, 0.1) is 11.3 Å². The van der Waals surface area contributed by atoms with Gasteiger partial charge in [-0.3, -0.25) is 4.79 Å². The van der Waals surface area contributed by atoms with Crippen molar-refractivity contribution in [2.45, 2.75) is 33.6 Å². The zero-order valence-electron chi connectivity index (χ0n) is 15.5. The fourth-order valence-corrected chi connectivity index (χ4v) is 3.61. The maximum atomic E-state index is 12.8. The van der Waals surface area contributed by atoms with Crippen LogP contribution in [0.5, 0.6) is 0 Å². The van der Waals surface area contributed by atoms with Crippen molar-refractivity contribution >= 4 is 28.9 Å². The van der Waals surface area contributed by atoms with E-state index in [1.165, 1.54) is 0 Å². The fraction of sp³-hybridized carbons (Fsp3) is 0.300. The number of aromatic nitrogens is 4. The van der Waals surface area contributed by atoms with Crippen molar-refractivity contribution in [3.8, 4) is 5.95 Å². The molecule has 0 spiro atoms. The normalized spacial score (nSPS) is 16.3. The van der Waals surface area contributed by atoms with Crippen LogP contribution >= 0.6 is 11.6 Å². The summed E-state index contributed by atoms with van der Waals surface area (Å²) in [6.45, 7) is 5.93. The van der Waals surface area contributed by atoms with Gasteiger partial charge in [-0.1, -0.05) is 18.5 Å². The molecule has 0 saturated heterocycles. The average molecular weight is 382 g/mol. The Morgan fingerprint density at radius 2 is 1.78 bits per heavy atom. The Hall–Kier alpha value is -2.73. The molecule has 6 nitrogen and oxygen atoms in total. The van der Waals surface area contributed by atoms with Crippen LogP contribution < -0.4 is 5.32 Å². The summed E-state index contributed by atoms with van der Waals surface area (Å²) in [5.74, 6) is 1.38. The van der Waals surface area contributed by atoms with Gasteiger partial charge in [0.2, 0.25) is 0 Å². The van der Waals surface area contributed by atoms with Gasteiger partial charge in [-0.2, -0.15) is 0 Å². The van der Waals surface area contributed by atoms with Crippen molar-refractivity contribution < 1.29 is 4.79 Å². The zero-order valence-corrected chi connectivity index (χ0v) is 16.2. The van der Waals surface area contributed by atoms with Crippen LogP contribution in [0.25, 0.3) is 5.95 Å². The number of halogens is 1. The molecule has 27 heavy (non-hydrogen) atoms. The standard InChI is InChI=1S/C20H20ClN5O/c1-11-8-16-18(17(27)9-11)19(24-15-6-4-14(21)5-7-15)25-26(16)20-22-12(2)10-13(3)23-20/h4-7,10-11H,8-9H2,1-3H3,(H,24,25). The molecule has 0 radical (unpaired) electrons. The fourth-order valence-electron chi connectivity index (χ4n) is 3.48. The SMILES string of the molecule is Cc1cc(C)nc(-n2nc(Nc3ccc(Cl)cc3)c3c2CC(C)CC3=O)n1. The van der Waals surface area contributed by atoms with Crippen LogP contribution in [0.15, 0.2) is 30.3 Å². The van der Waals surface area contributed by atoms with E-state index in [2.05, 4.69) is 27.3 Å². The summed E-state index contributed by atoms with van der Waals surface area (Å²) in [5.41, 5.74) is 4.04. The maximum absolute atomic E-state index is 12.8. The first kappa shape index (κ1) is 17.7. The Bertz CT molecular complexity index is 1010. The summed E-state index contributed by atoms with van der Waals surface area (Å²) in [6, 6.07) is 9.22. The first-order chi connectivity index (χ1) is 12.9. The molecule has 1 aliphatic carbocycles. The van der Waals surface area contributed by atoms with Crippen molar-refractivity contribution in [1.82, 2.24) is 19.7 Å². The van der Waals surface area contributed by atoms with Gasteiger partial charge in [0.1, 0.15) is 0 Å². The van der Waals surface area contributed by atoms with E-state index in [1.54, 1.807) is 16.8 Å². The van der Waals surface area contributed by atoms with Crippen LogP contribution in [0.1, 0.15) is 40.8 Å². The molecular formula is C20H20ClN5O. The van der Waals surface area contributed by atoms with E-state index >= 15 is 0 Å². The largest absolute Gasteiger partial charge is 0.338 e. The van der Waals surface area contributed by atoms with Crippen molar-refractivity contribution in [3.63, 3.8) is 0 Å². The molecule has 1 atom stereocenters. The molecule has 1 N–H and O–H groups in total. The van der Waals surface area contributed by atoms with E-state index in [4.69, 9.17) is 11.6 Å². The molecule has 2 aromatic heterocycles. The van der Waals surface area contributed by atoms with Gasteiger partial charge >= 0.3 is 0 Å². The number of Topliss-reactive ketones (excluding diaryl/α,β-unsaturated/α-hetero) is 1. The van der Waals surface area contributed by atoms with Gasteiger partial charge in [0, 0.05) is 28.5 Å². The van der Waals surface area contributed by atoms with Gasteiger partial charge in [0.15, 0.2) is 11.6 Å². The van der Waals surface area contributed by atoms with Gasteiger partial charge in [0.25, 0.3) is 5.95 Å². The predicted octanol–water partition coefficient (Wildman–Crippen LogP) is 4.44. The Kier molecular flexibility index (Phi) is 4.44. The highest BCUT2D eigenvalue weighted by Crippen LogP contribution is 2.33. The number of rotatable bonds is 3. The van der Waals surface area contributed by atoms with E-state index in [0.717, 1.165) is 29.2 Å². The number of carbonyl (C=O) groups is 1. The Morgan fingerprint density at radius 1 is 1.11 bits per heavy atom. The van der Waals surface area contributed by atoms with Gasteiger partial charge < -0.3 is 5.32 Å². The first-order valence-electron chi connectivity index (χ1n) is 8.91. The highest BCUT2D eigenvalue weighted by atomic mass is 35.5. The Morgan fingerprint density at radius 3 is 2.44 bits per heavy atom. The van der Waals surface area contributed by atoms with E-state index < -0.39 is 0 Å². The second-order valence-electron chi connectivity index (χ2n) is 7.10. The molecular weight excluding hydrogens is 362 g/mol. The summed E-state index contributed by atoms with van der Waals surface area (Å²) in [6.07, 6.45) is 1.27. The molecule has 0 bridgehead atoms. The molecule has 1 aromatic carbocycles. The van der Waals surface area contributed by atoms with Crippen molar-refractivity contribution in [1.29, 1.82) is 0 Å². The summed E-state index contributed by atoms with van der Waals surface area (Å²) in [5, 5.41) is 8.58. The number of fused-ring (bicyclic) bond motifs is 1. The number of carbonyl (C=O) groups excluding carboxylic acids is 1. The topological polar surface area (TPSA) is 72.7 Å². The highest BCUT2D eigenvalue weighted by molar-refractivity contribution is 6.30. The molecule has 0 fully saturated rings. The lowest BCUT2D eigenvalue weighted by atomic mass is 9.88. The van der Waals surface area contributed by atoms with E-state index in [0.29, 0.717) is 28.8 Å². The molecule has 4 rings (SSSR count). The van der Waals surface area contributed by atoms with Gasteiger partial charge in [-0.15, -0.1) is 5.10 Å². The van der Waals surface area contributed by atoms with Crippen LogP contribution in [-0.2, 0) is 6.42 Å². The van der Waals surface area contributed by atoms with Crippen LogP contribution in [0.4, 0.5) is 11.5 Å². The quantitative estimate of drug-likeness (QED) is 0.726. The first-order valence-corrected chi connectivity index (χ1v) is 9.29. The van der Waals surface area contributed by atoms with Gasteiger partial charge in [-0.25, -0.2) is 14.6 Å². The number of nitrogens with zero attached hydrogens (tertiary/aromatic N) is 4. The smallest absolute Gasteiger partial charge is 0.251 e. The van der Waals surface area contributed by atoms with E-state index in [9.17, 15) is 4.79 Å². The minimum absolute atomic E-state index is 0.0934. The lowest BCUT2D eigenvalue weighted by Crippen LogP contribution is -2.20. The van der Waals surface area contributed by atoms with Crippen LogP contribution in [0.3, 0.4) is 0 Å². The molecule has 1 unspecified atom stereocenters. The summed E-state index contributed by atoms with van der Waals surface area (Å²) >= 11 is 5.96. The average Bonchev–Trinajstić information content (AvgIpc) is 2.94. The lowest BCUT2D eigenvalue weighted by Gasteiger charge is -2.18. The highest BCUT2D eigenvalue weighted by Gasteiger charge is 2.31.